The minimum absolute atomic E-state index is 0.406. The zero-order valence-corrected chi connectivity index (χ0v) is 12.9. The van der Waals surface area contributed by atoms with E-state index in [-0.39, 0.29) is 0 Å². The van der Waals surface area contributed by atoms with E-state index in [4.69, 9.17) is 4.74 Å². The number of hydrogen-bond acceptors (Lipinski definition) is 6. The summed E-state index contributed by atoms with van der Waals surface area (Å²) in [4.78, 5) is 20.1. The fourth-order valence-corrected chi connectivity index (χ4v) is 2.74. The third-order valence-corrected chi connectivity index (χ3v) is 3.79. The van der Waals surface area contributed by atoms with E-state index in [1.807, 2.05) is 0 Å². The minimum Gasteiger partial charge on any atom is -0.465 e. The van der Waals surface area contributed by atoms with Crippen LogP contribution in [0.4, 0.5) is 0 Å². The number of aromatic nitrogens is 4. The van der Waals surface area contributed by atoms with Crippen LogP contribution in [0.1, 0.15) is 36.3 Å². The number of aryl methyl sites for hydroxylation is 1. The fourth-order valence-electron chi connectivity index (χ4n) is 1.68. The van der Waals surface area contributed by atoms with Crippen molar-refractivity contribution >= 4 is 23.5 Å². The van der Waals surface area contributed by atoms with Crippen molar-refractivity contribution in [2.24, 2.45) is 5.92 Å². The van der Waals surface area contributed by atoms with Gasteiger partial charge < -0.3 is 4.74 Å². The number of hydrogen-bond donors (Lipinski definition) is 0. The molecule has 6 nitrogen and oxygen atoms in total. The molecule has 0 aliphatic rings. The van der Waals surface area contributed by atoms with Gasteiger partial charge in [0.2, 0.25) is 5.16 Å². The van der Waals surface area contributed by atoms with Crippen molar-refractivity contribution < 1.29 is 9.53 Å². The summed E-state index contributed by atoms with van der Waals surface area (Å²) in [6.07, 6.45) is 2.59. The summed E-state index contributed by atoms with van der Waals surface area (Å²) >= 11 is 1.60. The van der Waals surface area contributed by atoms with Crippen molar-refractivity contribution in [3.05, 3.63) is 17.5 Å². The highest BCUT2D eigenvalue weighted by atomic mass is 32.2. The van der Waals surface area contributed by atoms with Crippen molar-refractivity contribution in [1.29, 1.82) is 0 Å². The maximum atomic E-state index is 11.6. The molecule has 0 N–H and O–H groups in total. The predicted octanol–water partition coefficient (Wildman–Crippen LogP) is 2.36. The average Bonchev–Trinajstić information content (AvgIpc) is 2.82. The number of ether oxygens (including phenoxy) is 1. The molecule has 2 rings (SSSR count). The number of methoxy groups -OCH3 is 1. The summed E-state index contributed by atoms with van der Waals surface area (Å²) in [7, 11) is 1.35. The molecule has 0 saturated heterocycles. The molecule has 108 valence electrons. The Balaban J connectivity index is 2.25. The van der Waals surface area contributed by atoms with Crippen LogP contribution in [-0.2, 0) is 4.74 Å². The van der Waals surface area contributed by atoms with Gasteiger partial charge in [0.15, 0.2) is 0 Å². The molecule has 0 aromatic carbocycles. The molecule has 0 saturated carbocycles. The third-order valence-electron chi connectivity index (χ3n) is 2.92. The lowest BCUT2D eigenvalue weighted by molar-refractivity contribution is 0.0598. The summed E-state index contributed by atoms with van der Waals surface area (Å²) in [6, 6.07) is 0. The molecule has 2 heterocycles. The van der Waals surface area contributed by atoms with E-state index >= 15 is 0 Å². The number of carbonyl (C=O) groups excluding carboxylic acids is 1. The van der Waals surface area contributed by atoms with Gasteiger partial charge in [0.1, 0.15) is 0 Å². The first-order valence-electron chi connectivity index (χ1n) is 6.46. The monoisotopic (exact) mass is 294 g/mol. The van der Waals surface area contributed by atoms with Gasteiger partial charge in [0.25, 0.3) is 5.78 Å². The third kappa shape index (κ3) is 3.09. The Kier molecular flexibility index (Phi) is 4.59. The van der Waals surface area contributed by atoms with Gasteiger partial charge in [-0.05, 0) is 19.3 Å². The smallest absolute Gasteiger partial charge is 0.341 e. The summed E-state index contributed by atoms with van der Waals surface area (Å²) in [5.41, 5.74) is 1.09. The van der Waals surface area contributed by atoms with Crippen molar-refractivity contribution in [3.8, 4) is 0 Å². The number of thioether (sulfide) groups is 1. The van der Waals surface area contributed by atoms with E-state index in [0.29, 0.717) is 28.1 Å². The highest BCUT2D eigenvalue weighted by molar-refractivity contribution is 7.99. The van der Waals surface area contributed by atoms with Crippen LogP contribution in [0.3, 0.4) is 0 Å². The molecule has 0 atom stereocenters. The van der Waals surface area contributed by atoms with Gasteiger partial charge in [-0.3, -0.25) is 0 Å². The molecule has 0 aliphatic heterocycles. The van der Waals surface area contributed by atoms with Crippen LogP contribution in [0.5, 0.6) is 0 Å². The number of esters is 1. The Hall–Kier alpha value is -1.63. The van der Waals surface area contributed by atoms with E-state index in [9.17, 15) is 4.79 Å². The van der Waals surface area contributed by atoms with Crippen LogP contribution in [-0.4, -0.2) is 38.4 Å². The zero-order valence-electron chi connectivity index (χ0n) is 12.1. The second-order valence-electron chi connectivity index (χ2n) is 4.89. The standard InChI is InChI=1S/C13H18N4O2S/c1-8(2)5-6-20-13-15-12-14-7-10(11(18)19-4)9(3)17(12)16-13/h7-8H,5-6H2,1-4H3. The van der Waals surface area contributed by atoms with Crippen molar-refractivity contribution in [2.75, 3.05) is 12.9 Å². The molecule has 2 aromatic heterocycles. The van der Waals surface area contributed by atoms with Gasteiger partial charge in [0.05, 0.1) is 18.4 Å². The second-order valence-corrected chi connectivity index (χ2v) is 5.95. The molecule has 2 aromatic rings. The van der Waals surface area contributed by atoms with Crippen LogP contribution in [0.25, 0.3) is 5.78 Å². The Morgan fingerprint density at radius 2 is 2.25 bits per heavy atom. The molecule has 0 radical (unpaired) electrons. The lowest BCUT2D eigenvalue weighted by atomic mass is 10.2. The predicted molar refractivity (Wildman–Crippen MR) is 77.0 cm³/mol. The van der Waals surface area contributed by atoms with Gasteiger partial charge in [-0.25, -0.2) is 9.78 Å². The molecule has 7 heteroatoms. The summed E-state index contributed by atoms with van der Waals surface area (Å²) in [5.74, 6) is 1.71. The van der Waals surface area contributed by atoms with Gasteiger partial charge in [-0.15, -0.1) is 5.10 Å². The quantitative estimate of drug-likeness (QED) is 0.623. The van der Waals surface area contributed by atoms with Crippen LogP contribution >= 0.6 is 11.8 Å². The molecule has 0 unspecified atom stereocenters. The maximum absolute atomic E-state index is 11.6. The normalized spacial score (nSPS) is 11.2. The van der Waals surface area contributed by atoms with E-state index < -0.39 is 5.97 Å². The Morgan fingerprint density at radius 1 is 1.50 bits per heavy atom. The fraction of sp³-hybridized carbons (Fsp3) is 0.538. The number of carbonyl (C=O) groups is 1. The second kappa shape index (κ2) is 6.21. The highest BCUT2D eigenvalue weighted by Crippen LogP contribution is 2.18. The van der Waals surface area contributed by atoms with Crippen LogP contribution in [0.2, 0.25) is 0 Å². The van der Waals surface area contributed by atoms with Crippen LogP contribution in [0.15, 0.2) is 11.4 Å². The lowest BCUT2D eigenvalue weighted by Gasteiger charge is -2.03. The molecule has 20 heavy (non-hydrogen) atoms. The summed E-state index contributed by atoms with van der Waals surface area (Å²) in [6.45, 7) is 6.18. The molecule has 0 aliphatic carbocycles. The van der Waals surface area contributed by atoms with Crippen molar-refractivity contribution in [2.45, 2.75) is 32.3 Å². The van der Waals surface area contributed by atoms with E-state index in [0.717, 1.165) is 12.2 Å². The molecule has 0 bridgehead atoms. The zero-order chi connectivity index (χ0) is 14.7. The number of rotatable bonds is 5. The first-order chi connectivity index (χ1) is 9.52. The highest BCUT2D eigenvalue weighted by Gasteiger charge is 2.15. The van der Waals surface area contributed by atoms with Crippen LogP contribution < -0.4 is 0 Å². The minimum atomic E-state index is -0.415. The molecular weight excluding hydrogens is 276 g/mol. The Morgan fingerprint density at radius 3 is 2.90 bits per heavy atom. The first kappa shape index (κ1) is 14.8. The van der Waals surface area contributed by atoms with Gasteiger partial charge in [0, 0.05) is 11.9 Å². The maximum Gasteiger partial charge on any atom is 0.341 e. The van der Waals surface area contributed by atoms with Gasteiger partial charge in [-0.2, -0.15) is 9.50 Å². The Bertz CT molecular complexity index is 624. The average molecular weight is 294 g/mol. The summed E-state index contributed by atoms with van der Waals surface area (Å²) in [5, 5.41) is 5.07. The topological polar surface area (TPSA) is 69.4 Å². The van der Waals surface area contributed by atoms with Crippen LogP contribution in [0, 0.1) is 12.8 Å². The molecule has 0 amide bonds. The van der Waals surface area contributed by atoms with E-state index in [1.165, 1.54) is 13.3 Å². The SMILES string of the molecule is COC(=O)c1cnc2nc(SCCC(C)C)nn2c1C. The first-order valence-corrected chi connectivity index (χ1v) is 7.45. The Labute approximate surface area is 121 Å². The molecule has 0 spiro atoms. The molecular formula is C13H18N4O2S. The van der Waals surface area contributed by atoms with Crippen molar-refractivity contribution in [3.63, 3.8) is 0 Å². The number of fused-ring (bicyclic) bond motifs is 1. The van der Waals surface area contributed by atoms with Gasteiger partial charge in [-0.1, -0.05) is 25.6 Å². The van der Waals surface area contributed by atoms with Crippen molar-refractivity contribution in [1.82, 2.24) is 19.6 Å². The van der Waals surface area contributed by atoms with E-state index in [2.05, 4.69) is 28.9 Å². The summed E-state index contributed by atoms with van der Waals surface area (Å²) < 4.78 is 6.31. The van der Waals surface area contributed by atoms with E-state index in [1.54, 1.807) is 23.2 Å². The number of nitrogens with zero attached hydrogens (tertiary/aromatic N) is 4. The van der Waals surface area contributed by atoms with Gasteiger partial charge >= 0.3 is 5.97 Å². The lowest BCUT2D eigenvalue weighted by Crippen LogP contribution is -2.09. The molecule has 0 fully saturated rings. The largest absolute Gasteiger partial charge is 0.465 e.